The van der Waals surface area contributed by atoms with Crippen molar-refractivity contribution in [2.75, 3.05) is 18.4 Å². The maximum atomic E-state index is 12.3. The molecule has 1 fully saturated rings. The first kappa shape index (κ1) is 17.6. The fraction of sp³-hybridized carbons (Fsp3) is 0.625. The van der Waals surface area contributed by atoms with Gasteiger partial charge in [-0.15, -0.1) is 0 Å². The van der Waals surface area contributed by atoms with Crippen LogP contribution in [-0.2, 0) is 11.3 Å². The zero-order chi connectivity index (χ0) is 17.8. The van der Waals surface area contributed by atoms with Crippen LogP contribution in [0.5, 0.6) is 0 Å². The van der Waals surface area contributed by atoms with Crippen LogP contribution < -0.4 is 10.6 Å². The van der Waals surface area contributed by atoms with Gasteiger partial charge in [0.05, 0.1) is 18.3 Å². The summed E-state index contributed by atoms with van der Waals surface area (Å²) in [4.78, 5) is 18.8. The highest BCUT2D eigenvalue weighted by molar-refractivity contribution is 5.93. The Balaban J connectivity index is 1.48. The number of hydrogen-bond acceptors (Lipinski definition) is 8. The van der Waals surface area contributed by atoms with Crippen molar-refractivity contribution in [3.8, 4) is 0 Å². The number of carbonyl (C=O) groups excluding carboxylic acids is 1. The lowest BCUT2D eigenvalue weighted by Crippen LogP contribution is -2.51. The monoisotopic (exact) mass is 348 g/mol. The Morgan fingerprint density at radius 1 is 1.40 bits per heavy atom. The zero-order valence-electron chi connectivity index (χ0n) is 14.8. The van der Waals surface area contributed by atoms with E-state index in [2.05, 4.69) is 30.8 Å². The minimum Gasteiger partial charge on any atom is -0.340 e. The fourth-order valence-electron chi connectivity index (χ4n) is 3.02. The maximum absolute atomic E-state index is 12.3. The molecule has 2 atom stereocenters. The predicted octanol–water partition coefficient (Wildman–Crippen LogP) is 1.26. The summed E-state index contributed by atoms with van der Waals surface area (Å²) in [7, 11) is 0. The molecule has 2 aromatic heterocycles. The first-order valence-electron chi connectivity index (χ1n) is 8.51. The smallest absolute Gasteiger partial charge is 0.243 e. The molecule has 2 N–H and O–H groups in total. The standard InChI is InChI=1S/C16H24N6O3/c1-10-7-15(25-20-10)19-16(23)11(2)17-13-5-4-6-22(8-13)9-14-18-12(3)24-21-14/h7,11,13,17H,4-6,8-9H2,1-3H3,(H,19,23)/t11-,13+/m0/s1. The van der Waals surface area contributed by atoms with Crippen molar-refractivity contribution in [2.24, 2.45) is 0 Å². The van der Waals surface area contributed by atoms with Crippen LogP contribution in [0.1, 0.15) is 37.2 Å². The van der Waals surface area contributed by atoms with Gasteiger partial charge in [0.2, 0.25) is 17.7 Å². The van der Waals surface area contributed by atoms with Gasteiger partial charge in [0.1, 0.15) is 0 Å². The molecule has 25 heavy (non-hydrogen) atoms. The van der Waals surface area contributed by atoms with Gasteiger partial charge in [0, 0.05) is 25.6 Å². The van der Waals surface area contributed by atoms with E-state index in [4.69, 9.17) is 9.05 Å². The third-order valence-electron chi connectivity index (χ3n) is 4.19. The lowest BCUT2D eigenvalue weighted by Gasteiger charge is -2.33. The molecule has 0 aromatic carbocycles. The van der Waals surface area contributed by atoms with Gasteiger partial charge in [-0.05, 0) is 33.2 Å². The molecular weight excluding hydrogens is 324 g/mol. The molecule has 136 valence electrons. The van der Waals surface area contributed by atoms with Crippen LogP contribution in [0.2, 0.25) is 0 Å². The number of likely N-dealkylation sites (tertiary alicyclic amines) is 1. The van der Waals surface area contributed by atoms with Gasteiger partial charge in [-0.3, -0.25) is 15.0 Å². The molecule has 0 radical (unpaired) electrons. The van der Waals surface area contributed by atoms with Crippen molar-refractivity contribution >= 4 is 11.8 Å². The molecule has 1 aliphatic rings. The number of amides is 1. The number of hydrogen-bond donors (Lipinski definition) is 2. The number of nitrogens with one attached hydrogen (secondary N) is 2. The van der Waals surface area contributed by atoms with Crippen LogP contribution in [-0.4, -0.2) is 51.3 Å². The molecule has 0 unspecified atom stereocenters. The predicted molar refractivity (Wildman–Crippen MR) is 89.8 cm³/mol. The van der Waals surface area contributed by atoms with E-state index in [1.54, 1.807) is 13.0 Å². The molecule has 9 heteroatoms. The Bertz CT molecular complexity index is 712. The lowest BCUT2D eigenvalue weighted by atomic mass is 10.0. The number of piperidine rings is 1. The SMILES string of the molecule is Cc1cc(NC(=O)[C@H](C)N[C@@H]2CCCN(Cc3noc(C)n3)C2)on1. The van der Waals surface area contributed by atoms with E-state index in [0.29, 0.717) is 24.1 Å². The summed E-state index contributed by atoms with van der Waals surface area (Å²) in [5.74, 6) is 1.51. The highest BCUT2D eigenvalue weighted by Gasteiger charge is 2.24. The highest BCUT2D eigenvalue weighted by Crippen LogP contribution is 2.14. The van der Waals surface area contributed by atoms with Gasteiger partial charge < -0.3 is 14.4 Å². The molecule has 0 bridgehead atoms. The third kappa shape index (κ3) is 4.86. The minimum atomic E-state index is -0.331. The van der Waals surface area contributed by atoms with Gasteiger partial charge in [-0.25, -0.2) is 0 Å². The summed E-state index contributed by atoms with van der Waals surface area (Å²) in [5.41, 5.74) is 0.732. The van der Waals surface area contributed by atoms with Crippen molar-refractivity contribution < 1.29 is 13.8 Å². The molecule has 1 saturated heterocycles. The van der Waals surface area contributed by atoms with Crippen molar-refractivity contribution in [3.63, 3.8) is 0 Å². The Hall–Kier alpha value is -2.26. The van der Waals surface area contributed by atoms with Gasteiger partial charge in [0.25, 0.3) is 0 Å². The lowest BCUT2D eigenvalue weighted by molar-refractivity contribution is -0.118. The third-order valence-corrected chi connectivity index (χ3v) is 4.19. The van der Waals surface area contributed by atoms with Crippen LogP contribution in [0.4, 0.5) is 5.88 Å². The molecule has 2 aromatic rings. The summed E-state index contributed by atoms with van der Waals surface area (Å²) in [6, 6.07) is 1.60. The average molecular weight is 348 g/mol. The summed E-state index contributed by atoms with van der Waals surface area (Å²) < 4.78 is 10.0. The van der Waals surface area contributed by atoms with Crippen LogP contribution in [0.15, 0.2) is 15.1 Å². The van der Waals surface area contributed by atoms with Gasteiger partial charge in [-0.2, -0.15) is 4.98 Å². The van der Waals surface area contributed by atoms with E-state index in [0.717, 1.165) is 31.6 Å². The zero-order valence-corrected chi connectivity index (χ0v) is 14.8. The number of nitrogens with zero attached hydrogens (tertiary/aromatic N) is 4. The Morgan fingerprint density at radius 3 is 2.92 bits per heavy atom. The van der Waals surface area contributed by atoms with Crippen molar-refractivity contribution in [1.29, 1.82) is 0 Å². The molecule has 1 amide bonds. The average Bonchev–Trinajstić information content (AvgIpc) is 3.16. The topological polar surface area (TPSA) is 109 Å². The molecule has 3 heterocycles. The van der Waals surface area contributed by atoms with Gasteiger partial charge >= 0.3 is 0 Å². The second kappa shape index (κ2) is 7.75. The van der Waals surface area contributed by atoms with Crippen LogP contribution in [0.25, 0.3) is 0 Å². The van der Waals surface area contributed by atoms with Crippen LogP contribution in [0.3, 0.4) is 0 Å². The maximum Gasteiger partial charge on any atom is 0.243 e. The second-order valence-corrected chi connectivity index (χ2v) is 6.51. The summed E-state index contributed by atoms with van der Waals surface area (Å²) >= 11 is 0. The quantitative estimate of drug-likeness (QED) is 0.803. The summed E-state index contributed by atoms with van der Waals surface area (Å²) in [6.07, 6.45) is 2.09. The number of carbonyl (C=O) groups is 1. The van der Waals surface area contributed by atoms with Crippen LogP contribution in [0, 0.1) is 13.8 Å². The number of rotatable bonds is 6. The number of aromatic nitrogens is 3. The normalized spacial score (nSPS) is 19.7. The Labute approximate surface area is 146 Å². The van der Waals surface area contributed by atoms with E-state index in [-0.39, 0.29) is 18.0 Å². The molecule has 3 rings (SSSR count). The van der Waals surface area contributed by atoms with E-state index in [1.807, 2.05) is 13.8 Å². The molecule has 0 spiro atoms. The number of anilines is 1. The van der Waals surface area contributed by atoms with Crippen molar-refractivity contribution in [2.45, 2.75) is 52.2 Å². The minimum absolute atomic E-state index is 0.137. The fourth-order valence-corrected chi connectivity index (χ4v) is 3.02. The van der Waals surface area contributed by atoms with E-state index < -0.39 is 0 Å². The highest BCUT2D eigenvalue weighted by atomic mass is 16.5. The number of aryl methyl sites for hydroxylation is 2. The Morgan fingerprint density at radius 2 is 2.24 bits per heavy atom. The molecule has 0 aliphatic carbocycles. The Kier molecular flexibility index (Phi) is 5.44. The molecule has 1 aliphatic heterocycles. The van der Waals surface area contributed by atoms with Crippen molar-refractivity contribution in [3.05, 3.63) is 23.5 Å². The van der Waals surface area contributed by atoms with Gasteiger partial charge in [-0.1, -0.05) is 10.3 Å². The second-order valence-electron chi connectivity index (χ2n) is 6.51. The van der Waals surface area contributed by atoms with E-state index in [9.17, 15) is 4.79 Å². The van der Waals surface area contributed by atoms with E-state index in [1.165, 1.54) is 0 Å². The molecule has 9 nitrogen and oxygen atoms in total. The summed E-state index contributed by atoms with van der Waals surface area (Å²) in [5, 5.41) is 13.8. The molecule has 0 saturated carbocycles. The van der Waals surface area contributed by atoms with Crippen LogP contribution >= 0.6 is 0 Å². The molecular formula is C16H24N6O3. The largest absolute Gasteiger partial charge is 0.340 e. The van der Waals surface area contributed by atoms with Crippen molar-refractivity contribution in [1.82, 2.24) is 25.5 Å². The van der Waals surface area contributed by atoms with E-state index >= 15 is 0 Å². The van der Waals surface area contributed by atoms with Gasteiger partial charge in [0.15, 0.2) is 5.82 Å². The summed E-state index contributed by atoms with van der Waals surface area (Å²) in [6.45, 7) is 7.93. The first-order chi connectivity index (χ1) is 12.0. The first-order valence-corrected chi connectivity index (χ1v) is 8.51.